The fourth-order valence-corrected chi connectivity index (χ4v) is 4.43. The second kappa shape index (κ2) is 11.5. The Bertz CT molecular complexity index is 937. The molecular weight excluding hydrogens is 422 g/mol. The molecular formula is C29H41N3O2. The molecule has 1 aliphatic heterocycles. The van der Waals surface area contributed by atoms with Crippen LogP contribution in [0.2, 0.25) is 0 Å². The van der Waals surface area contributed by atoms with E-state index in [4.69, 9.17) is 0 Å². The van der Waals surface area contributed by atoms with Crippen LogP contribution in [0.25, 0.3) is 0 Å². The molecule has 1 atom stereocenters. The molecule has 0 aromatic heterocycles. The van der Waals surface area contributed by atoms with E-state index in [2.05, 4.69) is 69.1 Å². The summed E-state index contributed by atoms with van der Waals surface area (Å²) >= 11 is 0. The van der Waals surface area contributed by atoms with Crippen LogP contribution in [-0.2, 0) is 10.2 Å². The Kier molecular flexibility index (Phi) is 8.76. The minimum atomic E-state index is 0.0786. The number of anilines is 2. The first-order chi connectivity index (χ1) is 16.2. The molecule has 1 saturated heterocycles. The third kappa shape index (κ3) is 6.62. The molecule has 1 fully saturated rings. The fraction of sp³-hybridized carbons (Fsp3) is 0.517. The summed E-state index contributed by atoms with van der Waals surface area (Å²) in [6.07, 6.45) is 4.01. The number of nitrogens with one attached hydrogen (secondary N) is 1. The van der Waals surface area contributed by atoms with Crippen LogP contribution in [0.4, 0.5) is 11.4 Å². The van der Waals surface area contributed by atoms with E-state index in [-0.39, 0.29) is 23.1 Å². The molecule has 3 rings (SSSR count). The maximum Gasteiger partial charge on any atom is 0.253 e. The second-order valence-electron chi connectivity index (χ2n) is 10.4. The topological polar surface area (TPSA) is 52.7 Å². The highest BCUT2D eigenvalue weighted by atomic mass is 16.2. The van der Waals surface area contributed by atoms with Crippen LogP contribution in [0.1, 0.15) is 76.2 Å². The minimum absolute atomic E-state index is 0.0786. The zero-order valence-electron chi connectivity index (χ0n) is 21.6. The number of hydrogen-bond acceptors (Lipinski definition) is 3. The van der Waals surface area contributed by atoms with Crippen LogP contribution in [0.3, 0.4) is 0 Å². The predicted molar refractivity (Wildman–Crippen MR) is 142 cm³/mol. The quantitative estimate of drug-likeness (QED) is 0.514. The lowest BCUT2D eigenvalue weighted by molar-refractivity contribution is -0.120. The summed E-state index contributed by atoms with van der Waals surface area (Å²) in [7, 11) is 0. The largest absolute Gasteiger partial charge is 0.368 e. The molecule has 1 heterocycles. The van der Waals surface area contributed by atoms with Crippen LogP contribution in [0, 0.1) is 5.92 Å². The van der Waals surface area contributed by atoms with Gasteiger partial charge in [-0.1, -0.05) is 59.6 Å². The van der Waals surface area contributed by atoms with Gasteiger partial charge in [0, 0.05) is 49.0 Å². The molecule has 1 aliphatic rings. The third-order valence-electron chi connectivity index (χ3n) is 6.83. The molecule has 0 bridgehead atoms. The van der Waals surface area contributed by atoms with E-state index < -0.39 is 0 Å². The van der Waals surface area contributed by atoms with E-state index in [1.54, 1.807) is 0 Å². The molecule has 2 aromatic rings. The first-order valence-corrected chi connectivity index (χ1v) is 12.8. The zero-order chi connectivity index (χ0) is 24.7. The molecule has 0 spiro atoms. The summed E-state index contributed by atoms with van der Waals surface area (Å²) in [6, 6.07) is 16.1. The van der Waals surface area contributed by atoms with Crippen LogP contribution in [-0.4, -0.2) is 42.9 Å². The van der Waals surface area contributed by atoms with Crippen molar-refractivity contribution >= 4 is 23.2 Å². The number of unbranched alkanes of at least 4 members (excludes halogenated alkanes) is 1. The Labute approximate surface area is 205 Å². The highest BCUT2D eigenvalue weighted by Crippen LogP contribution is 2.24. The van der Waals surface area contributed by atoms with E-state index in [1.165, 1.54) is 5.56 Å². The maximum atomic E-state index is 13.0. The highest BCUT2D eigenvalue weighted by molar-refractivity contribution is 5.94. The van der Waals surface area contributed by atoms with Crippen LogP contribution < -0.4 is 10.2 Å². The average molecular weight is 464 g/mol. The van der Waals surface area contributed by atoms with Gasteiger partial charge in [0.15, 0.2) is 0 Å². The lowest BCUT2D eigenvalue weighted by atomic mass is 9.86. The molecule has 1 unspecified atom stereocenters. The van der Waals surface area contributed by atoms with E-state index in [1.807, 2.05) is 29.2 Å². The van der Waals surface area contributed by atoms with Crippen LogP contribution in [0.5, 0.6) is 0 Å². The number of benzene rings is 2. The summed E-state index contributed by atoms with van der Waals surface area (Å²) in [5.41, 5.74) is 4.04. The Morgan fingerprint density at radius 3 is 2.06 bits per heavy atom. The van der Waals surface area contributed by atoms with Crippen LogP contribution in [0.15, 0.2) is 48.5 Å². The molecule has 0 radical (unpaired) electrons. The van der Waals surface area contributed by atoms with Gasteiger partial charge in [-0.2, -0.15) is 0 Å². The maximum absolute atomic E-state index is 13.0. The van der Waals surface area contributed by atoms with E-state index >= 15 is 0 Å². The summed E-state index contributed by atoms with van der Waals surface area (Å²) < 4.78 is 0. The van der Waals surface area contributed by atoms with Gasteiger partial charge in [-0.05, 0) is 60.2 Å². The van der Waals surface area contributed by atoms with Gasteiger partial charge in [0.25, 0.3) is 5.91 Å². The smallest absolute Gasteiger partial charge is 0.253 e. The second-order valence-corrected chi connectivity index (χ2v) is 10.4. The van der Waals surface area contributed by atoms with Crippen molar-refractivity contribution in [2.45, 2.75) is 65.7 Å². The monoisotopic (exact) mass is 463 g/mol. The Morgan fingerprint density at radius 2 is 1.53 bits per heavy atom. The molecule has 1 N–H and O–H groups in total. The molecule has 5 nitrogen and oxygen atoms in total. The lowest BCUT2D eigenvalue weighted by Gasteiger charge is -2.36. The number of nitrogens with zero attached hydrogens (tertiary/aromatic N) is 2. The van der Waals surface area contributed by atoms with Gasteiger partial charge >= 0.3 is 0 Å². The molecule has 184 valence electrons. The van der Waals surface area contributed by atoms with Gasteiger partial charge in [-0.15, -0.1) is 0 Å². The first-order valence-electron chi connectivity index (χ1n) is 12.8. The highest BCUT2D eigenvalue weighted by Gasteiger charge is 2.23. The summed E-state index contributed by atoms with van der Waals surface area (Å²) in [4.78, 5) is 29.8. The predicted octanol–water partition coefficient (Wildman–Crippen LogP) is 6.10. The zero-order valence-corrected chi connectivity index (χ0v) is 21.6. The van der Waals surface area contributed by atoms with Crippen molar-refractivity contribution in [1.82, 2.24) is 4.90 Å². The van der Waals surface area contributed by atoms with Crippen molar-refractivity contribution < 1.29 is 9.59 Å². The van der Waals surface area contributed by atoms with Gasteiger partial charge < -0.3 is 15.1 Å². The number of amides is 2. The molecule has 0 saturated carbocycles. The third-order valence-corrected chi connectivity index (χ3v) is 6.83. The molecule has 5 heteroatoms. The summed E-state index contributed by atoms with van der Waals surface area (Å²) in [6.45, 7) is 13.8. The minimum Gasteiger partial charge on any atom is -0.368 e. The van der Waals surface area contributed by atoms with Crippen molar-refractivity contribution in [3.05, 3.63) is 59.7 Å². The van der Waals surface area contributed by atoms with Crippen molar-refractivity contribution in [1.29, 1.82) is 0 Å². The van der Waals surface area contributed by atoms with Gasteiger partial charge in [-0.3, -0.25) is 9.59 Å². The van der Waals surface area contributed by atoms with Gasteiger partial charge in [-0.25, -0.2) is 0 Å². The van der Waals surface area contributed by atoms with E-state index in [9.17, 15) is 9.59 Å². The number of hydrogen-bond donors (Lipinski definition) is 1. The SMILES string of the molecule is CCCCC(CC)C(=O)Nc1ccc(N2CCN(C(=O)c3ccc(C(C)(C)C)cc3)CC2)cc1. The van der Waals surface area contributed by atoms with Crippen molar-refractivity contribution in [2.75, 3.05) is 36.4 Å². The van der Waals surface area contributed by atoms with Crippen molar-refractivity contribution in [2.24, 2.45) is 5.92 Å². The van der Waals surface area contributed by atoms with Crippen molar-refractivity contribution in [3.63, 3.8) is 0 Å². The normalized spacial score (nSPS) is 15.2. The number of carbonyl (C=O) groups excluding carboxylic acids is 2. The standard InChI is InChI=1S/C29H41N3O2/c1-6-8-9-22(7-2)27(33)30-25-14-16-26(17-15-25)31-18-20-32(21-19-31)28(34)23-10-12-24(13-11-23)29(3,4)5/h10-17,22H,6-9,18-21H2,1-5H3,(H,30,33). The van der Waals surface area contributed by atoms with E-state index in [0.717, 1.165) is 55.7 Å². The fourth-order valence-electron chi connectivity index (χ4n) is 4.43. The average Bonchev–Trinajstić information content (AvgIpc) is 2.84. The number of rotatable bonds is 8. The Balaban J connectivity index is 1.53. The summed E-state index contributed by atoms with van der Waals surface area (Å²) in [5.74, 6) is 0.299. The van der Waals surface area contributed by atoms with Gasteiger partial charge in [0.05, 0.1) is 0 Å². The van der Waals surface area contributed by atoms with E-state index in [0.29, 0.717) is 13.1 Å². The lowest BCUT2D eigenvalue weighted by Crippen LogP contribution is -2.48. The molecule has 34 heavy (non-hydrogen) atoms. The number of carbonyl (C=O) groups is 2. The van der Waals surface area contributed by atoms with Crippen LogP contribution >= 0.6 is 0 Å². The Hall–Kier alpha value is -2.82. The Morgan fingerprint density at radius 1 is 0.912 bits per heavy atom. The molecule has 2 amide bonds. The van der Waals surface area contributed by atoms with Gasteiger partial charge in [0.2, 0.25) is 5.91 Å². The molecule has 0 aliphatic carbocycles. The number of piperazine rings is 1. The van der Waals surface area contributed by atoms with Gasteiger partial charge in [0.1, 0.15) is 0 Å². The molecule has 2 aromatic carbocycles. The first kappa shape index (κ1) is 25.8. The van der Waals surface area contributed by atoms with Crippen molar-refractivity contribution in [3.8, 4) is 0 Å². The summed E-state index contributed by atoms with van der Waals surface area (Å²) in [5, 5.41) is 3.07.